The van der Waals surface area contributed by atoms with Crippen molar-refractivity contribution in [2.75, 3.05) is 18.0 Å². The molecule has 2 N–H and O–H groups in total. The van der Waals surface area contributed by atoms with Gasteiger partial charge in [-0.2, -0.15) is 0 Å². The molecule has 0 spiro atoms. The SMILES string of the molecule is CCC1C(=O)NCCN1c1cccc(F)c1C(=O)O. The van der Waals surface area contributed by atoms with E-state index in [1.54, 1.807) is 4.90 Å². The quantitative estimate of drug-likeness (QED) is 0.863. The molecule has 1 aromatic rings. The van der Waals surface area contributed by atoms with Gasteiger partial charge in [-0.25, -0.2) is 9.18 Å². The molecule has 0 aliphatic carbocycles. The fourth-order valence-electron chi connectivity index (χ4n) is 2.37. The van der Waals surface area contributed by atoms with Crippen molar-refractivity contribution in [3.63, 3.8) is 0 Å². The highest BCUT2D eigenvalue weighted by molar-refractivity contribution is 5.96. The summed E-state index contributed by atoms with van der Waals surface area (Å²) in [6.45, 7) is 2.72. The van der Waals surface area contributed by atoms with Gasteiger partial charge in [-0.1, -0.05) is 13.0 Å². The molecule has 1 aromatic carbocycles. The molecule has 1 aliphatic rings. The number of hydrogen-bond donors (Lipinski definition) is 2. The van der Waals surface area contributed by atoms with Crippen LogP contribution in [0.4, 0.5) is 10.1 Å². The van der Waals surface area contributed by atoms with Crippen LogP contribution in [0.15, 0.2) is 18.2 Å². The van der Waals surface area contributed by atoms with E-state index in [1.165, 1.54) is 12.1 Å². The molecule has 5 nitrogen and oxygen atoms in total. The monoisotopic (exact) mass is 266 g/mol. The van der Waals surface area contributed by atoms with Crippen LogP contribution in [0.1, 0.15) is 23.7 Å². The zero-order valence-electron chi connectivity index (χ0n) is 10.5. The normalized spacial score (nSPS) is 19.2. The van der Waals surface area contributed by atoms with Crippen LogP contribution in [-0.2, 0) is 4.79 Å². The number of halogens is 1. The number of carboxylic acids is 1. The number of piperazine rings is 1. The number of nitrogens with one attached hydrogen (secondary N) is 1. The zero-order chi connectivity index (χ0) is 14.0. The number of rotatable bonds is 3. The van der Waals surface area contributed by atoms with Gasteiger partial charge < -0.3 is 15.3 Å². The zero-order valence-corrected chi connectivity index (χ0v) is 10.5. The number of carbonyl (C=O) groups is 2. The van der Waals surface area contributed by atoms with Crippen molar-refractivity contribution in [2.45, 2.75) is 19.4 Å². The van der Waals surface area contributed by atoms with Gasteiger partial charge in [0.1, 0.15) is 17.4 Å². The summed E-state index contributed by atoms with van der Waals surface area (Å²) >= 11 is 0. The molecular formula is C13H15FN2O3. The largest absolute Gasteiger partial charge is 0.478 e. The molecule has 1 fully saturated rings. The molecule has 1 saturated heterocycles. The summed E-state index contributed by atoms with van der Waals surface area (Å²) in [5.41, 5.74) is -0.121. The lowest BCUT2D eigenvalue weighted by Gasteiger charge is -2.37. The van der Waals surface area contributed by atoms with E-state index < -0.39 is 17.8 Å². The Bertz CT molecular complexity index is 519. The lowest BCUT2D eigenvalue weighted by molar-refractivity contribution is -0.123. The van der Waals surface area contributed by atoms with Crippen LogP contribution in [-0.4, -0.2) is 36.1 Å². The maximum Gasteiger partial charge on any atom is 0.340 e. The van der Waals surface area contributed by atoms with Crippen LogP contribution in [0, 0.1) is 5.82 Å². The molecule has 19 heavy (non-hydrogen) atoms. The Balaban J connectivity index is 2.48. The molecule has 1 amide bonds. The Morgan fingerprint density at radius 3 is 2.95 bits per heavy atom. The van der Waals surface area contributed by atoms with E-state index in [4.69, 9.17) is 5.11 Å². The van der Waals surface area contributed by atoms with Gasteiger partial charge >= 0.3 is 5.97 Å². The first-order chi connectivity index (χ1) is 9.06. The Hall–Kier alpha value is -2.11. The van der Waals surface area contributed by atoms with Gasteiger partial charge in [-0.3, -0.25) is 4.79 Å². The lowest BCUT2D eigenvalue weighted by Crippen LogP contribution is -2.55. The molecule has 1 unspecified atom stereocenters. The summed E-state index contributed by atoms with van der Waals surface area (Å²) in [5, 5.41) is 11.9. The van der Waals surface area contributed by atoms with Gasteiger partial charge in [-0.15, -0.1) is 0 Å². The highest BCUT2D eigenvalue weighted by Gasteiger charge is 2.31. The number of aromatic carboxylic acids is 1. The van der Waals surface area contributed by atoms with E-state index in [2.05, 4.69) is 5.32 Å². The summed E-state index contributed by atoms with van der Waals surface area (Å²) in [6.07, 6.45) is 0.529. The number of anilines is 1. The smallest absolute Gasteiger partial charge is 0.340 e. The van der Waals surface area contributed by atoms with Gasteiger partial charge in [0.2, 0.25) is 5.91 Å². The number of benzene rings is 1. The topological polar surface area (TPSA) is 69.6 Å². The average molecular weight is 266 g/mol. The molecule has 1 aliphatic heterocycles. The predicted molar refractivity (Wildman–Crippen MR) is 67.8 cm³/mol. The van der Waals surface area contributed by atoms with Crippen molar-refractivity contribution < 1.29 is 19.1 Å². The first-order valence-corrected chi connectivity index (χ1v) is 6.12. The second-order valence-electron chi connectivity index (χ2n) is 4.35. The standard InChI is InChI=1S/C13H15FN2O3/c1-2-9-12(17)15-6-7-16(9)10-5-3-4-8(14)11(10)13(18)19/h3-5,9H,2,6-7H2,1H3,(H,15,17)(H,18,19). The minimum absolute atomic E-state index is 0.158. The summed E-state index contributed by atoms with van der Waals surface area (Å²) in [7, 11) is 0. The Labute approximate surface area is 110 Å². The summed E-state index contributed by atoms with van der Waals surface area (Å²) in [6, 6.07) is 3.64. The van der Waals surface area contributed by atoms with Crippen molar-refractivity contribution in [2.24, 2.45) is 0 Å². The highest BCUT2D eigenvalue weighted by atomic mass is 19.1. The van der Waals surface area contributed by atoms with E-state index in [9.17, 15) is 14.0 Å². The highest BCUT2D eigenvalue weighted by Crippen LogP contribution is 2.27. The van der Waals surface area contributed by atoms with E-state index >= 15 is 0 Å². The minimum Gasteiger partial charge on any atom is -0.478 e. The van der Waals surface area contributed by atoms with E-state index in [0.717, 1.165) is 6.07 Å². The summed E-state index contributed by atoms with van der Waals surface area (Å²) < 4.78 is 13.7. The maximum atomic E-state index is 13.7. The van der Waals surface area contributed by atoms with Crippen LogP contribution >= 0.6 is 0 Å². The fourth-order valence-corrected chi connectivity index (χ4v) is 2.37. The molecular weight excluding hydrogens is 251 g/mol. The van der Waals surface area contributed by atoms with Gasteiger partial charge in [0, 0.05) is 13.1 Å². The van der Waals surface area contributed by atoms with Gasteiger partial charge in [0.15, 0.2) is 0 Å². The summed E-state index contributed by atoms with van der Waals surface area (Å²) in [4.78, 5) is 24.6. The van der Waals surface area contributed by atoms with E-state index in [0.29, 0.717) is 19.5 Å². The van der Waals surface area contributed by atoms with Crippen LogP contribution in [0.5, 0.6) is 0 Å². The molecule has 2 rings (SSSR count). The molecule has 0 saturated carbocycles. The summed E-state index contributed by atoms with van der Waals surface area (Å²) in [5.74, 6) is -2.27. The van der Waals surface area contributed by atoms with Crippen molar-refractivity contribution in [3.8, 4) is 0 Å². The van der Waals surface area contributed by atoms with Crippen LogP contribution in [0.2, 0.25) is 0 Å². The van der Waals surface area contributed by atoms with Crippen molar-refractivity contribution in [1.29, 1.82) is 0 Å². The first-order valence-electron chi connectivity index (χ1n) is 6.12. The average Bonchev–Trinajstić information content (AvgIpc) is 2.37. The third-order valence-corrected chi connectivity index (χ3v) is 3.23. The molecule has 0 bridgehead atoms. The van der Waals surface area contributed by atoms with Crippen molar-refractivity contribution in [3.05, 3.63) is 29.6 Å². The van der Waals surface area contributed by atoms with Gasteiger partial charge in [-0.05, 0) is 18.6 Å². The molecule has 0 radical (unpaired) electrons. The predicted octanol–water partition coefficient (Wildman–Crippen LogP) is 1.24. The number of carbonyl (C=O) groups excluding carboxylic acids is 1. The molecule has 1 atom stereocenters. The molecule has 6 heteroatoms. The maximum absolute atomic E-state index is 13.7. The number of hydrogen-bond acceptors (Lipinski definition) is 3. The minimum atomic E-state index is -1.33. The van der Waals surface area contributed by atoms with Crippen molar-refractivity contribution >= 4 is 17.6 Å². The molecule has 1 heterocycles. The van der Waals surface area contributed by atoms with Crippen LogP contribution in [0.3, 0.4) is 0 Å². The Kier molecular flexibility index (Phi) is 3.69. The third kappa shape index (κ3) is 2.38. The van der Waals surface area contributed by atoms with Gasteiger partial charge in [0.05, 0.1) is 5.69 Å². The van der Waals surface area contributed by atoms with Crippen molar-refractivity contribution in [1.82, 2.24) is 5.32 Å². The van der Waals surface area contributed by atoms with E-state index in [-0.39, 0.29) is 17.2 Å². The second-order valence-corrected chi connectivity index (χ2v) is 4.35. The second kappa shape index (κ2) is 5.26. The molecule has 102 valence electrons. The van der Waals surface area contributed by atoms with Crippen LogP contribution in [0.25, 0.3) is 0 Å². The first kappa shape index (κ1) is 13.3. The fraction of sp³-hybridized carbons (Fsp3) is 0.385. The number of nitrogens with zero attached hydrogens (tertiary/aromatic N) is 1. The van der Waals surface area contributed by atoms with E-state index in [1.807, 2.05) is 6.92 Å². The molecule has 0 aromatic heterocycles. The van der Waals surface area contributed by atoms with Gasteiger partial charge in [0.25, 0.3) is 0 Å². The lowest BCUT2D eigenvalue weighted by atomic mass is 10.1. The Morgan fingerprint density at radius 2 is 2.32 bits per heavy atom. The third-order valence-electron chi connectivity index (χ3n) is 3.23. The Morgan fingerprint density at radius 1 is 1.58 bits per heavy atom. The number of carboxylic acid groups (broad SMARTS) is 1. The number of amides is 1. The van der Waals surface area contributed by atoms with Crippen LogP contribution < -0.4 is 10.2 Å².